The van der Waals surface area contributed by atoms with Gasteiger partial charge in [-0.3, -0.25) is 4.79 Å². The quantitative estimate of drug-likeness (QED) is 0.299. The lowest BCUT2D eigenvalue weighted by Crippen LogP contribution is -2.05. The topological polar surface area (TPSA) is 26.3 Å². The van der Waals surface area contributed by atoms with E-state index in [1.165, 1.54) is 6.92 Å². The summed E-state index contributed by atoms with van der Waals surface area (Å²) in [4.78, 5) is 10.0. The molecule has 0 N–H and O–H groups in total. The third-order valence-electron chi connectivity index (χ3n) is 0.400. The zero-order valence-corrected chi connectivity index (χ0v) is 5.11. The van der Waals surface area contributed by atoms with Crippen molar-refractivity contribution < 1.29 is 9.53 Å². The van der Waals surface area contributed by atoms with E-state index < -0.39 is 11.5 Å². The first-order chi connectivity index (χ1) is 3.66. The van der Waals surface area contributed by atoms with E-state index in [2.05, 4.69) is 4.74 Å². The molecule has 8 heavy (non-hydrogen) atoms. The van der Waals surface area contributed by atoms with E-state index in [1.807, 2.05) is 5.92 Å². The van der Waals surface area contributed by atoms with Crippen molar-refractivity contribution in [1.29, 1.82) is 0 Å². The summed E-state index contributed by atoms with van der Waals surface area (Å²) in [6.07, 6.45) is 4.76. The van der Waals surface area contributed by atoms with Crippen LogP contribution >= 0.6 is 11.6 Å². The average molecular weight is 133 g/mol. The Morgan fingerprint density at radius 3 is 2.62 bits per heavy atom. The summed E-state index contributed by atoms with van der Waals surface area (Å²) in [5, 5.41) is 0. The molecule has 0 aromatic carbocycles. The molecule has 0 aliphatic carbocycles. The first-order valence-electron chi connectivity index (χ1n) is 1.94. The summed E-state index contributed by atoms with van der Waals surface area (Å²) in [6.45, 7) is 1.24. The van der Waals surface area contributed by atoms with E-state index in [4.69, 9.17) is 18.0 Å². The van der Waals surface area contributed by atoms with E-state index in [9.17, 15) is 4.79 Å². The first-order valence-corrected chi connectivity index (χ1v) is 2.38. The van der Waals surface area contributed by atoms with E-state index in [0.29, 0.717) is 0 Å². The molecule has 0 bridgehead atoms. The van der Waals surface area contributed by atoms with Gasteiger partial charge in [-0.15, -0.1) is 6.42 Å². The number of hydrogen-bond acceptors (Lipinski definition) is 2. The van der Waals surface area contributed by atoms with Crippen LogP contribution in [0.1, 0.15) is 6.92 Å². The van der Waals surface area contributed by atoms with Crippen LogP contribution in [0.15, 0.2) is 0 Å². The van der Waals surface area contributed by atoms with Gasteiger partial charge >= 0.3 is 5.97 Å². The van der Waals surface area contributed by atoms with Gasteiger partial charge in [0.25, 0.3) is 0 Å². The van der Waals surface area contributed by atoms with Gasteiger partial charge in [-0.2, -0.15) is 0 Å². The van der Waals surface area contributed by atoms with Crippen LogP contribution in [0.25, 0.3) is 0 Å². The lowest BCUT2D eigenvalue weighted by molar-refractivity contribution is -0.140. The molecule has 0 saturated heterocycles. The Balaban J connectivity index is 3.43. The van der Waals surface area contributed by atoms with Gasteiger partial charge < -0.3 is 4.74 Å². The van der Waals surface area contributed by atoms with Gasteiger partial charge in [-0.1, -0.05) is 11.6 Å². The van der Waals surface area contributed by atoms with Crippen molar-refractivity contribution >= 4 is 17.6 Å². The number of halogens is 1. The molecule has 44 valence electrons. The molecule has 0 aromatic rings. The maximum absolute atomic E-state index is 10.0. The first kappa shape index (κ1) is 7.32. The zero-order valence-electron chi connectivity index (χ0n) is 4.35. The van der Waals surface area contributed by atoms with Gasteiger partial charge in [0.15, 0.2) is 0 Å². The van der Waals surface area contributed by atoms with Crippen LogP contribution in [-0.4, -0.2) is 11.5 Å². The highest BCUT2D eigenvalue weighted by Gasteiger charge is 1.99. The van der Waals surface area contributed by atoms with Crippen LogP contribution in [-0.2, 0) is 9.53 Å². The second kappa shape index (κ2) is 3.34. The van der Waals surface area contributed by atoms with Gasteiger partial charge in [0.2, 0.25) is 5.56 Å². The number of rotatable bonds is 1. The Labute approximate surface area is 52.8 Å². The van der Waals surface area contributed by atoms with Crippen LogP contribution in [0.5, 0.6) is 0 Å². The van der Waals surface area contributed by atoms with E-state index in [-0.39, 0.29) is 0 Å². The Kier molecular flexibility index (Phi) is 3.05. The highest BCUT2D eigenvalue weighted by atomic mass is 35.5. The van der Waals surface area contributed by atoms with Crippen LogP contribution in [0.3, 0.4) is 0 Å². The molecule has 2 nitrogen and oxygen atoms in total. The van der Waals surface area contributed by atoms with Gasteiger partial charge in [0.05, 0.1) is 0 Å². The molecule has 3 heteroatoms. The molecule has 0 fully saturated rings. The SMILES string of the molecule is C#CC(Cl)OC(C)=O. The largest absolute Gasteiger partial charge is 0.434 e. The van der Waals surface area contributed by atoms with Crippen molar-refractivity contribution in [2.24, 2.45) is 0 Å². The summed E-state index contributed by atoms with van der Waals surface area (Å²) >= 11 is 5.18. The maximum Gasteiger partial charge on any atom is 0.304 e. The van der Waals surface area contributed by atoms with Crippen molar-refractivity contribution in [3.8, 4) is 12.3 Å². The van der Waals surface area contributed by atoms with Gasteiger partial charge in [0.1, 0.15) is 0 Å². The van der Waals surface area contributed by atoms with Crippen molar-refractivity contribution in [1.82, 2.24) is 0 Å². The number of carbonyl (C=O) groups excluding carboxylic acids is 1. The molecule has 0 heterocycles. The second-order valence-electron chi connectivity index (χ2n) is 1.09. The number of carbonyl (C=O) groups is 1. The molecular formula is C5H5ClO2. The average Bonchev–Trinajstić information content (AvgIpc) is 1.65. The molecule has 0 saturated carbocycles. The Morgan fingerprint density at radius 1 is 2.00 bits per heavy atom. The van der Waals surface area contributed by atoms with Gasteiger partial charge in [0, 0.05) is 6.92 Å². The molecule has 0 aromatic heterocycles. The van der Waals surface area contributed by atoms with Gasteiger partial charge in [-0.05, 0) is 5.92 Å². The Hall–Kier alpha value is -0.680. The third kappa shape index (κ3) is 3.51. The normalized spacial score (nSPS) is 11.6. The van der Waals surface area contributed by atoms with Crippen LogP contribution in [0.2, 0.25) is 0 Å². The summed E-state index contributed by atoms with van der Waals surface area (Å²) < 4.78 is 4.29. The lowest BCUT2D eigenvalue weighted by Gasteiger charge is -1.98. The molecule has 1 atom stereocenters. The monoisotopic (exact) mass is 132 g/mol. The smallest absolute Gasteiger partial charge is 0.304 e. The van der Waals surface area contributed by atoms with Crippen LogP contribution < -0.4 is 0 Å². The summed E-state index contributed by atoms with van der Waals surface area (Å²) in [5.74, 6) is 1.55. The summed E-state index contributed by atoms with van der Waals surface area (Å²) in [5.41, 5.74) is -0.924. The second-order valence-corrected chi connectivity index (χ2v) is 1.49. The number of alkyl halides is 1. The molecule has 0 radical (unpaired) electrons. The fourth-order valence-corrected chi connectivity index (χ4v) is 0.305. The van der Waals surface area contributed by atoms with E-state index >= 15 is 0 Å². The molecule has 0 aliphatic heterocycles. The van der Waals surface area contributed by atoms with Crippen molar-refractivity contribution in [2.45, 2.75) is 12.5 Å². The molecule has 0 amide bonds. The molecule has 0 aliphatic rings. The lowest BCUT2D eigenvalue weighted by atomic mass is 10.7. The van der Waals surface area contributed by atoms with E-state index in [1.54, 1.807) is 0 Å². The minimum absolute atomic E-state index is 0.469. The predicted molar refractivity (Wildman–Crippen MR) is 30.2 cm³/mol. The minimum atomic E-state index is -0.924. The highest BCUT2D eigenvalue weighted by Crippen LogP contribution is 1.94. The molecule has 1 unspecified atom stereocenters. The minimum Gasteiger partial charge on any atom is -0.434 e. The number of esters is 1. The fraction of sp³-hybridized carbons (Fsp3) is 0.400. The molecule has 0 rings (SSSR count). The van der Waals surface area contributed by atoms with Crippen molar-refractivity contribution in [3.63, 3.8) is 0 Å². The van der Waals surface area contributed by atoms with Crippen LogP contribution in [0.4, 0.5) is 0 Å². The standard InChI is InChI=1S/C5H5ClO2/c1-3-5(6)8-4(2)7/h1,5H,2H3. The highest BCUT2D eigenvalue weighted by molar-refractivity contribution is 6.21. The number of ether oxygens (including phenoxy) is 1. The molecule has 0 spiro atoms. The predicted octanol–water partition coefficient (Wildman–Crippen LogP) is 0.748. The maximum atomic E-state index is 10.0. The van der Waals surface area contributed by atoms with Crippen molar-refractivity contribution in [2.75, 3.05) is 0 Å². The third-order valence-corrected chi connectivity index (χ3v) is 0.616. The Morgan fingerprint density at radius 2 is 2.50 bits per heavy atom. The van der Waals surface area contributed by atoms with Gasteiger partial charge in [-0.25, -0.2) is 0 Å². The zero-order chi connectivity index (χ0) is 6.57. The molecular weight excluding hydrogens is 128 g/mol. The summed E-state index contributed by atoms with van der Waals surface area (Å²) in [6, 6.07) is 0. The Bertz CT molecular complexity index is 125. The van der Waals surface area contributed by atoms with E-state index in [0.717, 1.165) is 0 Å². The number of terminal acetylenes is 1. The fourth-order valence-electron chi connectivity index (χ4n) is 0.180. The van der Waals surface area contributed by atoms with Crippen LogP contribution in [0, 0.1) is 12.3 Å². The number of hydrogen-bond donors (Lipinski definition) is 0. The van der Waals surface area contributed by atoms with Crippen molar-refractivity contribution in [3.05, 3.63) is 0 Å². The summed E-state index contributed by atoms with van der Waals surface area (Å²) in [7, 11) is 0.